The lowest BCUT2D eigenvalue weighted by atomic mass is 10.9. The van der Waals surface area contributed by atoms with Crippen molar-refractivity contribution in [2.24, 2.45) is 7.05 Å². The molecule has 0 amide bonds. The molecular formula is C7H17N3. The summed E-state index contributed by atoms with van der Waals surface area (Å²) in [6.07, 6.45) is 3.42. The highest BCUT2D eigenvalue weighted by Gasteiger charge is 1.70. The summed E-state index contributed by atoms with van der Waals surface area (Å²) >= 11 is 0. The first-order valence-corrected chi connectivity index (χ1v) is 3.70. The van der Waals surface area contributed by atoms with Crippen LogP contribution in [0.5, 0.6) is 0 Å². The van der Waals surface area contributed by atoms with Gasteiger partial charge in [0, 0.05) is 13.2 Å². The molecule has 0 radical (unpaired) electrons. The first-order valence-electron chi connectivity index (χ1n) is 3.70. The topological polar surface area (TPSA) is 30.7 Å². The van der Waals surface area contributed by atoms with E-state index in [1.165, 1.54) is 0 Å². The Morgan fingerprint density at radius 3 is 1.70 bits per heavy atom. The average molecular weight is 143 g/mol. The van der Waals surface area contributed by atoms with Gasteiger partial charge in [0.25, 0.3) is 0 Å². The minimum atomic E-state index is 1.64. The van der Waals surface area contributed by atoms with Crippen LogP contribution in [0.25, 0.3) is 0 Å². The Morgan fingerprint density at radius 2 is 1.60 bits per heavy atom. The zero-order valence-electron chi connectivity index (χ0n) is 7.50. The summed E-state index contributed by atoms with van der Waals surface area (Å²) in [4.78, 5) is 0. The van der Waals surface area contributed by atoms with Crippen LogP contribution in [0.4, 0.5) is 0 Å². The zero-order chi connectivity index (χ0) is 8.41. The summed E-state index contributed by atoms with van der Waals surface area (Å²) in [6, 6.07) is 0. The summed E-state index contributed by atoms with van der Waals surface area (Å²) in [5, 5.41) is 7.12. The molecule has 1 rings (SSSR count). The molecule has 0 unspecified atom stereocenters. The number of rotatable bonds is 0. The van der Waals surface area contributed by atoms with E-state index in [0.29, 0.717) is 0 Å². The number of aromatic nitrogens is 3. The van der Waals surface area contributed by atoms with Crippen molar-refractivity contribution >= 4 is 0 Å². The third-order valence-electron chi connectivity index (χ3n) is 0.542. The second-order valence-electron chi connectivity index (χ2n) is 1.08. The molecule has 0 spiro atoms. The molecule has 0 aliphatic carbocycles. The van der Waals surface area contributed by atoms with Crippen molar-refractivity contribution in [3.63, 3.8) is 0 Å². The molecule has 0 N–H and O–H groups in total. The van der Waals surface area contributed by atoms with Crippen LogP contribution >= 0.6 is 0 Å². The Balaban J connectivity index is 0. The minimum Gasteiger partial charge on any atom is -0.256 e. The maximum absolute atomic E-state index is 3.58. The molecule has 1 heterocycles. The number of hydrogen-bond donors (Lipinski definition) is 0. The minimum absolute atomic E-state index is 1.64. The van der Waals surface area contributed by atoms with Crippen LogP contribution in [0.15, 0.2) is 12.4 Å². The molecule has 0 saturated carbocycles. The van der Waals surface area contributed by atoms with E-state index in [0.717, 1.165) is 0 Å². The van der Waals surface area contributed by atoms with Gasteiger partial charge in [-0.2, -0.15) is 0 Å². The van der Waals surface area contributed by atoms with E-state index < -0.39 is 0 Å². The van der Waals surface area contributed by atoms with Crippen molar-refractivity contribution in [1.82, 2.24) is 15.0 Å². The second kappa shape index (κ2) is 11.0. The molecule has 0 fully saturated rings. The Kier molecular flexibility index (Phi) is 13.1. The van der Waals surface area contributed by atoms with Gasteiger partial charge in [0.2, 0.25) is 0 Å². The Labute approximate surface area is 63.1 Å². The predicted octanol–water partition coefficient (Wildman–Crippen LogP) is 1.87. The van der Waals surface area contributed by atoms with Gasteiger partial charge in [0.1, 0.15) is 0 Å². The molecule has 0 aliphatic heterocycles. The van der Waals surface area contributed by atoms with E-state index in [-0.39, 0.29) is 0 Å². The summed E-state index contributed by atoms with van der Waals surface area (Å²) in [7, 11) is 1.83. The van der Waals surface area contributed by atoms with Crippen LogP contribution in [0, 0.1) is 0 Å². The SMILES string of the molecule is CC.CC.Cn1ccnn1. The Bertz CT molecular complexity index is 112. The fourth-order valence-electron chi connectivity index (χ4n) is 0.267. The lowest BCUT2D eigenvalue weighted by Crippen LogP contribution is -1.85. The van der Waals surface area contributed by atoms with E-state index in [2.05, 4.69) is 10.3 Å². The van der Waals surface area contributed by atoms with E-state index in [1.54, 1.807) is 17.1 Å². The third kappa shape index (κ3) is 7.14. The normalized spacial score (nSPS) is 6.50. The second-order valence-corrected chi connectivity index (χ2v) is 1.08. The van der Waals surface area contributed by atoms with Crippen molar-refractivity contribution < 1.29 is 0 Å². The van der Waals surface area contributed by atoms with Crippen LogP contribution < -0.4 is 0 Å². The van der Waals surface area contributed by atoms with Gasteiger partial charge in [-0.3, -0.25) is 4.68 Å². The molecule has 1 aromatic heterocycles. The van der Waals surface area contributed by atoms with Crippen LogP contribution in [-0.4, -0.2) is 15.0 Å². The van der Waals surface area contributed by atoms with Gasteiger partial charge in [-0.25, -0.2) is 0 Å². The lowest BCUT2D eigenvalue weighted by molar-refractivity contribution is 0.715. The zero-order valence-corrected chi connectivity index (χ0v) is 7.50. The van der Waals surface area contributed by atoms with Crippen LogP contribution in [0.2, 0.25) is 0 Å². The van der Waals surface area contributed by atoms with Gasteiger partial charge in [0.15, 0.2) is 0 Å². The van der Waals surface area contributed by atoms with E-state index in [1.807, 2.05) is 34.7 Å². The summed E-state index contributed by atoms with van der Waals surface area (Å²) < 4.78 is 1.64. The van der Waals surface area contributed by atoms with Gasteiger partial charge in [-0.1, -0.05) is 32.9 Å². The molecule has 0 bridgehead atoms. The fraction of sp³-hybridized carbons (Fsp3) is 0.714. The molecule has 1 aromatic rings. The summed E-state index contributed by atoms with van der Waals surface area (Å²) in [6.45, 7) is 8.00. The maximum atomic E-state index is 3.58. The molecule has 3 heteroatoms. The smallest absolute Gasteiger partial charge is 0.0692 e. The number of hydrogen-bond acceptors (Lipinski definition) is 2. The molecule has 0 atom stereocenters. The highest BCUT2D eigenvalue weighted by molar-refractivity contribution is 4.59. The van der Waals surface area contributed by atoms with Crippen molar-refractivity contribution in [1.29, 1.82) is 0 Å². The highest BCUT2D eigenvalue weighted by atomic mass is 15.4. The third-order valence-corrected chi connectivity index (χ3v) is 0.542. The maximum Gasteiger partial charge on any atom is 0.0692 e. The molecule has 3 nitrogen and oxygen atoms in total. The number of nitrogens with zero attached hydrogens (tertiary/aromatic N) is 3. The quantitative estimate of drug-likeness (QED) is 0.555. The lowest BCUT2D eigenvalue weighted by Gasteiger charge is -1.74. The predicted molar refractivity (Wildman–Crippen MR) is 43.7 cm³/mol. The highest BCUT2D eigenvalue weighted by Crippen LogP contribution is 1.66. The van der Waals surface area contributed by atoms with Crippen molar-refractivity contribution in [2.45, 2.75) is 27.7 Å². The summed E-state index contributed by atoms with van der Waals surface area (Å²) in [5.74, 6) is 0. The van der Waals surface area contributed by atoms with Crippen LogP contribution in [-0.2, 0) is 7.05 Å². The van der Waals surface area contributed by atoms with Crippen LogP contribution in [0.3, 0.4) is 0 Å². The molecule has 10 heavy (non-hydrogen) atoms. The van der Waals surface area contributed by atoms with Gasteiger partial charge in [0.05, 0.1) is 6.20 Å². The van der Waals surface area contributed by atoms with Gasteiger partial charge in [-0.15, -0.1) is 5.10 Å². The van der Waals surface area contributed by atoms with E-state index in [4.69, 9.17) is 0 Å². The first kappa shape index (κ1) is 11.9. The summed E-state index contributed by atoms with van der Waals surface area (Å²) in [5.41, 5.74) is 0. The molecular weight excluding hydrogens is 126 g/mol. The molecule has 0 aliphatic rings. The van der Waals surface area contributed by atoms with Crippen molar-refractivity contribution in [3.8, 4) is 0 Å². The van der Waals surface area contributed by atoms with Crippen molar-refractivity contribution in [3.05, 3.63) is 12.4 Å². The number of aryl methyl sites for hydroxylation is 1. The van der Waals surface area contributed by atoms with Crippen molar-refractivity contribution in [2.75, 3.05) is 0 Å². The first-order chi connectivity index (χ1) is 4.89. The van der Waals surface area contributed by atoms with Gasteiger partial charge < -0.3 is 0 Å². The standard InChI is InChI=1S/C3H5N3.2C2H6/c1-6-3-2-4-5-6;2*1-2/h2-3H,1H3;2*1-2H3. The van der Waals surface area contributed by atoms with E-state index in [9.17, 15) is 0 Å². The molecule has 0 aromatic carbocycles. The monoisotopic (exact) mass is 143 g/mol. The average Bonchev–Trinajstić information content (AvgIpc) is 2.48. The molecule has 60 valence electrons. The van der Waals surface area contributed by atoms with Gasteiger partial charge >= 0.3 is 0 Å². The Morgan fingerprint density at radius 1 is 1.10 bits per heavy atom. The van der Waals surface area contributed by atoms with Crippen LogP contribution in [0.1, 0.15) is 27.7 Å². The van der Waals surface area contributed by atoms with Gasteiger partial charge in [-0.05, 0) is 0 Å². The molecule has 0 saturated heterocycles. The Hall–Kier alpha value is -0.860. The fourth-order valence-corrected chi connectivity index (χ4v) is 0.267. The largest absolute Gasteiger partial charge is 0.256 e. The van der Waals surface area contributed by atoms with E-state index >= 15 is 0 Å².